The summed E-state index contributed by atoms with van der Waals surface area (Å²) in [4.78, 5) is 0. The minimum Gasteiger partial charge on any atom is -0.496 e. The van der Waals surface area contributed by atoms with Gasteiger partial charge in [-0.3, -0.25) is 11.3 Å². The number of para-hydroxylation sites is 1. The van der Waals surface area contributed by atoms with Crippen LogP contribution in [0.4, 0.5) is 4.39 Å². The van der Waals surface area contributed by atoms with Gasteiger partial charge >= 0.3 is 0 Å². The van der Waals surface area contributed by atoms with E-state index in [1.54, 1.807) is 19.2 Å². The van der Waals surface area contributed by atoms with E-state index >= 15 is 0 Å². The van der Waals surface area contributed by atoms with E-state index in [-0.39, 0.29) is 11.9 Å². The van der Waals surface area contributed by atoms with Crippen LogP contribution >= 0.6 is 15.9 Å². The molecule has 0 saturated carbocycles. The number of methoxy groups -OCH3 is 1. The van der Waals surface area contributed by atoms with Gasteiger partial charge in [0, 0.05) is 5.56 Å². The Balaban J connectivity index is 2.26. The fraction of sp³-hybridized carbons (Fsp3) is 0.200. The Kier molecular flexibility index (Phi) is 5.11. The van der Waals surface area contributed by atoms with Crippen molar-refractivity contribution in [1.82, 2.24) is 5.43 Å². The summed E-state index contributed by atoms with van der Waals surface area (Å²) in [6.07, 6.45) is 0.635. The molecule has 2 aromatic rings. The van der Waals surface area contributed by atoms with Crippen LogP contribution in [0, 0.1) is 5.82 Å². The van der Waals surface area contributed by atoms with Crippen LogP contribution in [0.15, 0.2) is 46.9 Å². The van der Waals surface area contributed by atoms with Crippen molar-refractivity contribution in [3.8, 4) is 5.75 Å². The first-order valence-corrected chi connectivity index (χ1v) is 6.98. The van der Waals surface area contributed by atoms with Gasteiger partial charge in [-0.25, -0.2) is 4.39 Å². The van der Waals surface area contributed by atoms with Crippen molar-refractivity contribution in [2.24, 2.45) is 5.84 Å². The molecule has 1 unspecified atom stereocenters. The highest BCUT2D eigenvalue weighted by Crippen LogP contribution is 2.28. The first-order valence-electron chi connectivity index (χ1n) is 6.18. The van der Waals surface area contributed by atoms with E-state index in [1.807, 2.05) is 24.3 Å². The predicted octanol–water partition coefficient (Wildman–Crippen LogP) is 3.34. The lowest BCUT2D eigenvalue weighted by molar-refractivity contribution is 0.399. The van der Waals surface area contributed by atoms with Gasteiger partial charge in [-0.1, -0.05) is 24.3 Å². The summed E-state index contributed by atoms with van der Waals surface area (Å²) in [5, 5.41) is 0. The zero-order chi connectivity index (χ0) is 14.5. The van der Waals surface area contributed by atoms with Crippen molar-refractivity contribution < 1.29 is 9.13 Å². The van der Waals surface area contributed by atoms with Crippen LogP contribution in [-0.2, 0) is 6.42 Å². The number of hydrogen-bond donors (Lipinski definition) is 2. The molecular weight excluding hydrogens is 323 g/mol. The van der Waals surface area contributed by atoms with E-state index in [0.717, 1.165) is 16.9 Å². The average Bonchev–Trinajstić information content (AvgIpc) is 2.48. The Bertz CT molecular complexity index is 592. The zero-order valence-corrected chi connectivity index (χ0v) is 12.7. The number of hydrazine groups is 1. The first-order chi connectivity index (χ1) is 9.65. The Labute approximate surface area is 126 Å². The molecule has 3 nitrogen and oxygen atoms in total. The van der Waals surface area contributed by atoms with Gasteiger partial charge in [-0.15, -0.1) is 0 Å². The van der Waals surface area contributed by atoms with Crippen LogP contribution in [0.5, 0.6) is 5.75 Å². The smallest absolute Gasteiger partial charge is 0.137 e. The molecule has 2 aromatic carbocycles. The predicted molar refractivity (Wildman–Crippen MR) is 80.9 cm³/mol. The van der Waals surface area contributed by atoms with Crippen molar-refractivity contribution in [1.29, 1.82) is 0 Å². The van der Waals surface area contributed by atoms with Gasteiger partial charge in [0.15, 0.2) is 0 Å². The number of nitrogens with two attached hydrogens (primary N) is 1. The second kappa shape index (κ2) is 6.83. The third kappa shape index (κ3) is 3.36. The van der Waals surface area contributed by atoms with Crippen molar-refractivity contribution in [2.45, 2.75) is 12.5 Å². The largest absolute Gasteiger partial charge is 0.496 e. The summed E-state index contributed by atoms with van der Waals surface area (Å²) in [5.41, 5.74) is 4.74. The van der Waals surface area contributed by atoms with E-state index in [9.17, 15) is 4.39 Å². The van der Waals surface area contributed by atoms with Crippen LogP contribution in [0.1, 0.15) is 17.2 Å². The van der Waals surface area contributed by atoms with Crippen molar-refractivity contribution >= 4 is 15.9 Å². The van der Waals surface area contributed by atoms with Crippen LogP contribution < -0.4 is 16.0 Å². The number of nitrogens with one attached hydrogen (secondary N) is 1. The van der Waals surface area contributed by atoms with E-state index in [1.165, 1.54) is 6.07 Å². The molecule has 1 atom stereocenters. The highest BCUT2D eigenvalue weighted by molar-refractivity contribution is 9.10. The monoisotopic (exact) mass is 338 g/mol. The standard InChI is InChI=1S/C15H16BrFN2O/c1-20-15-5-3-2-4-11(15)14(19-18)9-10-6-7-13(17)12(16)8-10/h2-8,14,19H,9,18H2,1H3. The SMILES string of the molecule is COc1ccccc1C(Cc1ccc(F)c(Br)c1)NN. The van der Waals surface area contributed by atoms with Gasteiger partial charge in [-0.05, 0) is 46.1 Å². The van der Waals surface area contributed by atoms with Gasteiger partial charge in [0.25, 0.3) is 0 Å². The Morgan fingerprint density at radius 3 is 2.70 bits per heavy atom. The lowest BCUT2D eigenvalue weighted by Crippen LogP contribution is -2.29. The summed E-state index contributed by atoms with van der Waals surface area (Å²) in [6.45, 7) is 0. The van der Waals surface area contributed by atoms with Crippen molar-refractivity contribution in [2.75, 3.05) is 7.11 Å². The summed E-state index contributed by atoms with van der Waals surface area (Å²) < 4.78 is 19.0. The first kappa shape index (κ1) is 15.0. The maximum Gasteiger partial charge on any atom is 0.137 e. The molecule has 0 saturated heterocycles. The molecule has 3 N–H and O–H groups in total. The Morgan fingerprint density at radius 1 is 1.30 bits per heavy atom. The number of hydrogen-bond acceptors (Lipinski definition) is 3. The molecule has 106 valence electrons. The van der Waals surface area contributed by atoms with Crippen molar-refractivity contribution in [3.05, 3.63) is 63.9 Å². The number of halogens is 2. The van der Waals surface area contributed by atoms with Gasteiger partial charge in [0.2, 0.25) is 0 Å². The van der Waals surface area contributed by atoms with E-state index in [0.29, 0.717) is 10.9 Å². The molecule has 0 radical (unpaired) electrons. The lowest BCUT2D eigenvalue weighted by atomic mass is 9.98. The number of benzene rings is 2. The van der Waals surface area contributed by atoms with Crippen LogP contribution in [-0.4, -0.2) is 7.11 Å². The molecule has 0 fully saturated rings. The van der Waals surface area contributed by atoms with Crippen molar-refractivity contribution in [3.63, 3.8) is 0 Å². The van der Waals surface area contributed by atoms with Gasteiger partial charge in [-0.2, -0.15) is 0 Å². The average molecular weight is 339 g/mol. The molecule has 2 rings (SSSR count). The topological polar surface area (TPSA) is 47.3 Å². The molecule has 5 heteroatoms. The third-order valence-corrected chi connectivity index (χ3v) is 3.75. The fourth-order valence-corrected chi connectivity index (χ4v) is 2.54. The van der Waals surface area contributed by atoms with Crippen LogP contribution in [0.25, 0.3) is 0 Å². The molecule has 0 bridgehead atoms. The minimum absolute atomic E-state index is 0.108. The van der Waals surface area contributed by atoms with Gasteiger partial charge in [0.05, 0.1) is 17.6 Å². The Morgan fingerprint density at radius 2 is 2.05 bits per heavy atom. The highest BCUT2D eigenvalue weighted by Gasteiger charge is 2.15. The molecule has 0 aliphatic carbocycles. The fourth-order valence-electron chi connectivity index (χ4n) is 2.12. The molecular formula is C15H16BrFN2O. The third-order valence-electron chi connectivity index (χ3n) is 3.14. The number of rotatable bonds is 5. The summed E-state index contributed by atoms with van der Waals surface area (Å²) >= 11 is 3.19. The molecule has 0 heterocycles. The van der Waals surface area contributed by atoms with Gasteiger partial charge < -0.3 is 4.74 Å². The van der Waals surface area contributed by atoms with E-state index < -0.39 is 0 Å². The van der Waals surface area contributed by atoms with Crippen LogP contribution in [0.2, 0.25) is 0 Å². The second-order valence-corrected chi connectivity index (χ2v) is 5.27. The summed E-state index contributed by atoms with van der Waals surface area (Å²) in [5.74, 6) is 6.15. The Hall–Kier alpha value is -1.43. The minimum atomic E-state index is -0.275. The lowest BCUT2D eigenvalue weighted by Gasteiger charge is -2.19. The summed E-state index contributed by atoms with van der Waals surface area (Å²) in [6, 6.07) is 12.5. The number of ether oxygens (including phenoxy) is 1. The summed E-state index contributed by atoms with van der Waals surface area (Å²) in [7, 11) is 1.63. The van der Waals surface area contributed by atoms with Crippen LogP contribution in [0.3, 0.4) is 0 Å². The van der Waals surface area contributed by atoms with Gasteiger partial charge in [0.1, 0.15) is 11.6 Å². The molecule has 0 aliphatic heterocycles. The molecule has 0 amide bonds. The molecule has 0 spiro atoms. The van der Waals surface area contributed by atoms with E-state index in [2.05, 4.69) is 21.4 Å². The maximum absolute atomic E-state index is 13.3. The molecule has 0 aromatic heterocycles. The second-order valence-electron chi connectivity index (χ2n) is 4.41. The normalized spacial score (nSPS) is 12.2. The van der Waals surface area contributed by atoms with E-state index in [4.69, 9.17) is 10.6 Å². The highest BCUT2D eigenvalue weighted by atomic mass is 79.9. The zero-order valence-electron chi connectivity index (χ0n) is 11.1. The molecule has 20 heavy (non-hydrogen) atoms. The molecule has 0 aliphatic rings. The maximum atomic E-state index is 13.3. The quantitative estimate of drug-likeness (QED) is 0.649.